The van der Waals surface area contributed by atoms with E-state index < -0.39 is 10.0 Å². The van der Waals surface area contributed by atoms with E-state index in [1.807, 2.05) is 24.4 Å². The molecule has 1 aromatic heterocycles. The molecule has 7 heteroatoms. The van der Waals surface area contributed by atoms with Crippen LogP contribution in [0.25, 0.3) is 0 Å². The maximum absolute atomic E-state index is 13.9. The number of sulfonamides is 1. The number of hydrogen-bond donors (Lipinski definition) is 2. The van der Waals surface area contributed by atoms with Crippen molar-refractivity contribution in [2.24, 2.45) is 11.8 Å². The minimum absolute atomic E-state index is 0.159. The Hall–Kier alpha value is -2.61. The van der Waals surface area contributed by atoms with E-state index in [0.717, 1.165) is 57.1 Å². The van der Waals surface area contributed by atoms with Gasteiger partial charge in [-0.2, -0.15) is 0 Å². The second-order valence-corrected chi connectivity index (χ2v) is 12.4. The van der Waals surface area contributed by atoms with Crippen molar-refractivity contribution in [1.82, 2.24) is 15.0 Å². The number of aromatic nitrogens is 1. The standard InChI is InChI=1S/C30H36FN3O2S/c31-26-13-14-28-25(18-26)12-15-30(29(28)17-24-5-4-16-32-19-24)33-20-22-8-10-23(11-9-22)21-34-37(35,36)27-6-2-1-3-7-27/h1-7,13-14,16,18-19,22-23,29-30,33-34H,8-12,15,17,20-21H2. The zero-order valence-corrected chi connectivity index (χ0v) is 22.0. The third kappa shape index (κ3) is 6.64. The van der Waals surface area contributed by atoms with Gasteiger partial charge < -0.3 is 5.32 Å². The van der Waals surface area contributed by atoms with Crippen LogP contribution in [0.2, 0.25) is 0 Å². The molecule has 2 aliphatic carbocycles. The lowest BCUT2D eigenvalue weighted by molar-refractivity contribution is 0.252. The lowest BCUT2D eigenvalue weighted by Crippen LogP contribution is -2.42. The van der Waals surface area contributed by atoms with Gasteiger partial charge in [0, 0.05) is 30.9 Å². The molecule has 2 atom stereocenters. The summed E-state index contributed by atoms with van der Waals surface area (Å²) in [5, 5.41) is 3.88. The number of halogens is 1. The van der Waals surface area contributed by atoms with Crippen LogP contribution in [-0.4, -0.2) is 32.5 Å². The zero-order chi connectivity index (χ0) is 25.7. The first-order chi connectivity index (χ1) is 18.0. The van der Waals surface area contributed by atoms with Crippen molar-refractivity contribution in [3.8, 4) is 0 Å². The Kier molecular flexibility index (Phi) is 8.33. The van der Waals surface area contributed by atoms with E-state index in [0.29, 0.717) is 29.3 Å². The summed E-state index contributed by atoms with van der Waals surface area (Å²) in [7, 11) is -3.45. The highest BCUT2D eigenvalue weighted by Crippen LogP contribution is 2.36. The van der Waals surface area contributed by atoms with Gasteiger partial charge in [-0.3, -0.25) is 4.98 Å². The fraction of sp³-hybridized carbons (Fsp3) is 0.433. The lowest BCUT2D eigenvalue weighted by Gasteiger charge is -2.36. The molecule has 37 heavy (non-hydrogen) atoms. The molecule has 2 aliphatic rings. The van der Waals surface area contributed by atoms with Gasteiger partial charge in [0.2, 0.25) is 10.0 Å². The van der Waals surface area contributed by atoms with Crippen molar-refractivity contribution in [3.05, 3.63) is 95.6 Å². The molecule has 2 N–H and O–H groups in total. The Bertz CT molecular complexity index is 1260. The molecule has 0 amide bonds. The highest BCUT2D eigenvalue weighted by molar-refractivity contribution is 7.89. The number of pyridine rings is 1. The molecule has 2 aromatic carbocycles. The van der Waals surface area contributed by atoms with Gasteiger partial charge in [-0.15, -0.1) is 0 Å². The smallest absolute Gasteiger partial charge is 0.240 e. The van der Waals surface area contributed by atoms with Crippen LogP contribution in [0, 0.1) is 17.7 Å². The Morgan fingerprint density at radius 3 is 2.38 bits per heavy atom. The predicted molar refractivity (Wildman–Crippen MR) is 144 cm³/mol. The number of nitrogens with one attached hydrogen (secondary N) is 2. The first-order valence-electron chi connectivity index (χ1n) is 13.4. The van der Waals surface area contributed by atoms with Crippen LogP contribution >= 0.6 is 0 Å². The Labute approximate surface area is 220 Å². The van der Waals surface area contributed by atoms with Crippen LogP contribution in [0.5, 0.6) is 0 Å². The molecule has 0 aliphatic heterocycles. The molecule has 1 heterocycles. The third-order valence-corrected chi connectivity index (χ3v) is 9.58. The Morgan fingerprint density at radius 2 is 1.65 bits per heavy atom. The number of nitrogens with zero attached hydrogens (tertiary/aromatic N) is 1. The average molecular weight is 522 g/mol. The molecule has 3 aromatic rings. The van der Waals surface area contributed by atoms with Gasteiger partial charge in [-0.05, 0) is 110 Å². The molecule has 5 rings (SSSR count). The fourth-order valence-corrected chi connectivity index (χ4v) is 7.16. The quantitative estimate of drug-likeness (QED) is 0.404. The predicted octanol–water partition coefficient (Wildman–Crippen LogP) is 5.24. The number of benzene rings is 2. The van der Waals surface area contributed by atoms with Crippen LogP contribution in [0.3, 0.4) is 0 Å². The zero-order valence-electron chi connectivity index (χ0n) is 21.2. The topological polar surface area (TPSA) is 71.1 Å². The van der Waals surface area contributed by atoms with Gasteiger partial charge in [0.1, 0.15) is 5.82 Å². The monoisotopic (exact) mass is 521 g/mol. The van der Waals surface area contributed by atoms with E-state index in [9.17, 15) is 12.8 Å². The minimum atomic E-state index is -3.45. The van der Waals surface area contributed by atoms with Crippen molar-refractivity contribution >= 4 is 10.0 Å². The molecule has 196 valence electrons. The molecule has 2 unspecified atom stereocenters. The second-order valence-electron chi connectivity index (χ2n) is 10.6. The Morgan fingerprint density at radius 1 is 0.892 bits per heavy atom. The molecule has 1 saturated carbocycles. The third-order valence-electron chi connectivity index (χ3n) is 8.14. The van der Waals surface area contributed by atoms with Crippen molar-refractivity contribution in [2.45, 2.75) is 61.8 Å². The molecular weight excluding hydrogens is 485 g/mol. The van der Waals surface area contributed by atoms with Gasteiger partial charge in [0.05, 0.1) is 4.90 Å². The van der Waals surface area contributed by atoms with Crippen molar-refractivity contribution < 1.29 is 12.8 Å². The maximum atomic E-state index is 13.9. The van der Waals surface area contributed by atoms with Crippen molar-refractivity contribution in [3.63, 3.8) is 0 Å². The van der Waals surface area contributed by atoms with E-state index in [4.69, 9.17) is 0 Å². The van der Waals surface area contributed by atoms with Crippen LogP contribution in [0.4, 0.5) is 4.39 Å². The Balaban J connectivity index is 1.15. The molecule has 0 bridgehead atoms. The highest BCUT2D eigenvalue weighted by Gasteiger charge is 2.31. The number of rotatable bonds is 9. The number of aryl methyl sites for hydroxylation is 1. The van der Waals surface area contributed by atoms with E-state index in [2.05, 4.69) is 21.1 Å². The normalized spacial score (nSPS) is 23.9. The molecule has 0 spiro atoms. The first-order valence-corrected chi connectivity index (χ1v) is 14.9. The summed E-state index contributed by atoms with van der Waals surface area (Å²) >= 11 is 0. The van der Waals surface area contributed by atoms with Gasteiger partial charge in [0.15, 0.2) is 0 Å². The number of hydrogen-bond acceptors (Lipinski definition) is 4. The summed E-state index contributed by atoms with van der Waals surface area (Å²) in [6, 6.07) is 18.3. The van der Waals surface area contributed by atoms with Crippen LogP contribution in [0.1, 0.15) is 54.7 Å². The molecule has 0 saturated heterocycles. The largest absolute Gasteiger partial charge is 0.313 e. The average Bonchev–Trinajstić information content (AvgIpc) is 2.93. The van der Waals surface area contributed by atoms with Crippen LogP contribution in [0.15, 0.2) is 78.0 Å². The SMILES string of the molecule is O=S(=O)(NCC1CCC(CNC2CCc3cc(F)ccc3C2Cc2cccnc2)CC1)c1ccccc1. The molecule has 0 radical (unpaired) electrons. The van der Waals surface area contributed by atoms with Gasteiger partial charge >= 0.3 is 0 Å². The molecule has 1 fully saturated rings. The van der Waals surface area contributed by atoms with E-state index in [1.165, 1.54) is 11.1 Å². The van der Waals surface area contributed by atoms with E-state index in [1.54, 1.807) is 42.6 Å². The summed E-state index contributed by atoms with van der Waals surface area (Å²) in [5.74, 6) is 1.10. The molecular formula is C30H36FN3O2S. The summed E-state index contributed by atoms with van der Waals surface area (Å²) in [5.41, 5.74) is 3.59. The van der Waals surface area contributed by atoms with Gasteiger partial charge in [-0.25, -0.2) is 17.5 Å². The highest BCUT2D eigenvalue weighted by atomic mass is 32.2. The number of fused-ring (bicyclic) bond motifs is 1. The fourth-order valence-electron chi connectivity index (χ4n) is 6.02. The minimum Gasteiger partial charge on any atom is -0.313 e. The summed E-state index contributed by atoms with van der Waals surface area (Å²) in [6.07, 6.45) is 10.8. The second kappa shape index (κ2) is 11.8. The van der Waals surface area contributed by atoms with Gasteiger partial charge in [0.25, 0.3) is 0 Å². The van der Waals surface area contributed by atoms with E-state index >= 15 is 0 Å². The summed E-state index contributed by atoms with van der Waals surface area (Å²) < 4.78 is 41.8. The van der Waals surface area contributed by atoms with Crippen molar-refractivity contribution in [2.75, 3.05) is 13.1 Å². The van der Waals surface area contributed by atoms with Crippen LogP contribution in [-0.2, 0) is 22.9 Å². The van der Waals surface area contributed by atoms with E-state index in [-0.39, 0.29) is 11.7 Å². The summed E-state index contributed by atoms with van der Waals surface area (Å²) in [4.78, 5) is 4.62. The van der Waals surface area contributed by atoms with Crippen LogP contribution < -0.4 is 10.0 Å². The molecule has 5 nitrogen and oxygen atoms in total. The maximum Gasteiger partial charge on any atom is 0.240 e. The first kappa shape index (κ1) is 26.0. The lowest BCUT2D eigenvalue weighted by atomic mass is 9.76. The summed E-state index contributed by atoms with van der Waals surface area (Å²) in [6.45, 7) is 1.47. The van der Waals surface area contributed by atoms with Crippen molar-refractivity contribution in [1.29, 1.82) is 0 Å². The van der Waals surface area contributed by atoms with Gasteiger partial charge in [-0.1, -0.05) is 30.3 Å².